The Morgan fingerprint density at radius 3 is 2.03 bits per heavy atom. The molecule has 2 aromatic carbocycles. The Labute approximate surface area is 189 Å². The molecule has 1 N–H and O–H groups in total. The van der Waals surface area contributed by atoms with Gasteiger partial charge in [-0.05, 0) is 53.9 Å². The number of rotatable bonds is 4. The molecule has 5 nitrogen and oxygen atoms in total. The molecule has 2 fully saturated rings. The van der Waals surface area contributed by atoms with Crippen molar-refractivity contribution in [2.75, 3.05) is 19.7 Å². The number of hydrogen-bond acceptors (Lipinski definition) is 3. The summed E-state index contributed by atoms with van der Waals surface area (Å²) in [6, 6.07) is 16.6. The van der Waals surface area contributed by atoms with Gasteiger partial charge in [0, 0.05) is 19.0 Å². The maximum atomic E-state index is 12.9. The zero-order valence-electron chi connectivity index (χ0n) is 18.5. The number of fused-ring (bicyclic) bond motifs is 3. The lowest BCUT2D eigenvalue weighted by molar-refractivity contribution is -0.157. The lowest BCUT2D eigenvalue weighted by Gasteiger charge is -2.44. The third-order valence-electron chi connectivity index (χ3n) is 8.06. The van der Waals surface area contributed by atoms with E-state index in [1.165, 1.54) is 28.7 Å². The molecule has 0 aromatic heterocycles. The van der Waals surface area contributed by atoms with Crippen LogP contribution < -0.4 is 0 Å². The minimum Gasteiger partial charge on any atom is -0.481 e. The number of carbonyl (C=O) groups excluding carboxylic acids is 1. The number of likely N-dealkylation sites (tertiary alicyclic amines) is 1. The third-order valence-corrected chi connectivity index (χ3v) is 8.06. The zero-order chi connectivity index (χ0) is 22.1. The minimum absolute atomic E-state index is 0.0384. The number of piperidine rings is 1. The molecule has 1 aliphatic heterocycles. The third kappa shape index (κ3) is 3.58. The maximum absolute atomic E-state index is 12.9. The fraction of sp³-hybridized carbons (Fsp3) is 0.481. The molecular weight excluding hydrogens is 402 g/mol. The molecule has 0 atom stereocenters. The number of aliphatic carboxylic acids is 1. The molecule has 0 unspecified atom stereocenters. The number of nitrogens with zero attached hydrogens (tertiary/aromatic N) is 1. The number of carbonyl (C=O) groups is 2. The van der Waals surface area contributed by atoms with Crippen molar-refractivity contribution < 1.29 is 19.4 Å². The first-order valence-corrected chi connectivity index (χ1v) is 11.9. The minimum atomic E-state index is -0.684. The summed E-state index contributed by atoms with van der Waals surface area (Å²) in [5, 5.41) is 10.1. The van der Waals surface area contributed by atoms with Crippen molar-refractivity contribution in [3.63, 3.8) is 0 Å². The molecule has 1 saturated heterocycles. The van der Waals surface area contributed by atoms with Gasteiger partial charge in [-0.2, -0.15) is 0 Å². The standard InChI is InChI=1S/C27H31NO4/c29-25(30)27(19-8-2-1-3-9-19)14-16-28(17-15-27)26(31)32-18-24-22-12-6-4-10-20(22)21-11-5-7-13-23(21)24/h4-7,10-13,19,24H,1-3,8-9,14-18H2,(H,29,30). The first-order chi connectivity index (χ1) is 15.6. The van der Waals surface area contributed by atoms with E-state index in [4.69, 9.17) is 4.74 Å². The summed E-state index contributed by atoms with van der Waals surface area (Å²) >= 11 is 0. The molecular formula is C27H31NO4. The molecule has 5 rings (SSSR count). The molecule has 0 spiro atoms. The second-order valence-corrected chi connectivity index (χ2v) is 9.59. The Bertz CT molecular complexity index is 957. The predicted molar refractivity (Wildman–Crippen MR) is 123 cm³/mol. The van der Waals surface area contributed by atoms with E-state index in [1.807, 2.05) is 24.3 Å². The molecule has 168 valence electrons. The van der Waals surface area contributed by atoms with Crippen LogP contribution in [0.25, 0.3) is 11.1 Å². The van der Waals surface area contributed by atoms with Gasteiger partial charge in [-0.25, -0.2) is 4.79 Å². The number of hydrogen-bond donors (Lipinski definition) is 1. The fourth-order valence-electron chi connectivity index (χ4n) is 6.23. The first kappa shape index (κ1) is 21.0. The second-order valence-electron chi connectivity index (χ2n) is 9.59. The number of carboxylic acids is 1. The quantitative estimate of drug-likeness (QED) is 0.673. The molecule has 0 radical (unpaired) electrons. The smallest absolute Gasteiger partial charge is 0.409 e. The zero-order valence-corrected chi connectivity index (χ0v) is 18.5. The molecule has 2 aromatic rings. The van der Waals surface area contributed by atoms with Crippen LogP contribution in [-0.4, -0.2) is 41.8 Å². The Balaban J connectivity index is 1.24. The van der Waals surface area contributed by atoms with Crippen molar-refractivity contribution in [3.05, 3.63) is 59.7 Å². The Morgan fingerprint density at radius 1 is 0.906 bits per heavy atom. The molecule has 0 bridgehead atoms. The van der Waals surface area contributed by atoms with Crippen molar-refractivity contribution in [3.8, 4) is 11.1 Å². The number of benzene rings is 2. The lowest BCUT2D eigenvalue weighted by atomic mass is 9.64. The van der Waals surface area contributed by atoms with Gasteiger partial charge in [0.05, 0.1) is 5.41 Å². The fourth-order valence-corrected chi connectivity index (χ4v) is 6.23. The van der Waals surface area contributed by atoms with Gasteiger partial charge in [0.1, 0.15) is 6.61 Å². The number of carboxylic acid groups (broad SMARTS) is 1. The lowest BCUT2D eigenvalue weighted by Crippen LogP contribution is -2.50. The second kappa shape index (κ2) is 8.61. The highest BCUT2D eigenvalue weighted by atomic mass is 16.6. The predicted octanol–water partition coefficient (Wildman–Crippen LogP) is 5.68. The van der Waals surface area contributed by atoms with Crippen LogP contribution >= 0.6 is 0 Å². The van der Waals surface area contributed by atoms with Crippen LogP contribution in [0, 0.1) is 11.3 Å². The van der Waals surface area contributed by atoms with E-state index in [1.54, 1.807) is 4.90 Å². The van der Waals surface area contributed by atoms with Gasteiger partial charge in [-0.15, -0.1) is 0 Å². The summed E-state index contributed by atoms with van der Waals surface area (Å²) in [6.45, 7) is 1.22. The van der Waals surface area contributed by atoms with E-state index in [-0.39, 0.29) is 17.9 Å². The highest BCUT2D eigenvalue weighted by Gasteiger charge is 2.48. The van der Waals surface area contributed by atoms with Gasteiger partial charge >= 0.3 is 12.1 Å². The van der Waals surface area contributed by atoms with Crippen LogP contribution in [0.5, 0.6) is 0 Å². The van der Waals surface area contributed by atoms with E-state index in [0.29, 0.717) is 32.5 Å². The van der Waals surface area contributed by atoms with E-state index in [2.05, 4.69) is 24.3 Å². The van der Waals surface area contributed by atoms with Crippen molar-refractivity contribution >= 4 is 12.1 Å². The monoisotopic (exact) mass is 433 g/mol. The van der Waals surface area contributed by atoms with Crippen LogP contribution in [0.1, 0.15) is 62.0 Å². The van der Waals surface area contributed by atoms with Crippen molar-refractivity contribution in [1.29, 1.82) is 0 Å². The van der Waals surface area contributed by atoms with Gasteiger partial charge in [0.15, 0.2) is 0 Å². The van der Waals surface area contributed by atoms with Crippen LogP contribution in [0.4, 0.5) is 4.79 Å². The van der Waals surface area contributed by atoms with Crippen LogP contribution in [0.15, 0.2) is 48.5 Å². The van der Waals surface area contributed by atoms with Gasteiger partial charge in [0.25, 0.3) is 0 Å². The van der Waals surface area contributed by atoms with Gasteiger partial charge < -0.3 is 14.7 Å². The van der Waals surface area contributed by atoms with E-state index in [0.717, 1.165) is 25.7 Å². The topological polar surface area (TPSA) is 66.8 Å². The van der Waals surface area contributed by atoms with Crippen molar-refractivity contribution in [1.82, 2.24) is 4.90 Å². The largest absolute Gasteiger partial charge is 0.481 e. The number of amides is 1. The Hall–Kier alpha value is -2.82. The average molecular weight is 434 g/mol. The summed E-state index contributed by atoms with van der Waals surface area (Å²) in [5.74, 6) is -0.411. The molecule has 5 heteroatoms. The molecule has 32 heavy (non-hydrogen) atoms. The van der Waals surface area contributed by atoms with Gasteiger partial charge in [-0.3, -0.25) is 4.79 Å². The number of ether oxygens (including phenoxy) is 1. The molecule has 3 aliphatic rings. The van der Waals surface area contributed by atoms with Crippen molar-refractivity contribution in [2.45, 2.75) is 50.9 Å². The summed E-state index contributed by atoms with van der Waals surface area (Å²) in [5.41, 5.74) is 4.13. The Morgan fingerprint density at radius 2 is 1.47 bits per heavy atom. The van der Waals surface area contributed by atoms with E-state index >= 15 is 0 Å². The summed E-state index contributed by atoms with van der Waals surface area (Å²) in [7, 11) is 0. The van der Waals surface area contributed by atoms with Crippen LogP contribution in [-0.2, 0) is 9.53 Å². The van der Waals surface area contributed by atoms with Gasteiger partial charge in [-0.1, -0.05) is 67.8 Å². The average Bonchev–Trinajstić information content (AvgIpc) is 3.17. The van der Waals surface area contributed by atoms with Gasteiger partial charge in [0.2, 0.25) is 0 Å². The van der Waals surface area contributed by atoms with Crippen molar-refractivity contribution in [2.24, 2.45) is 11.3 Å². The Kier molecular flexibility index (Phi) is 5.66. The van der Waals surface area contributed by atoms with Crippen LogP contribution in [0.2, 0.25) is 0 Å². The SMILES string of the molecule is O=C(OCC1c2ccccc2-c2ccccc21)N1CCC(C(=O)O)(C2CCCCC2)CC1. The molecule has 1 saturated carbocycles. The summed E-state index contributed by atoms with van der Waals surface area (Å²) < 4.78 is 5.79. The molecule has 1 amide bonds. The highest BCUT2D eigenvalue weighted by Crippen LogP contribution is 2.47. The maximum Gasteiger partial charge on any atom is 0.409 e. The van der Waals surface area contributed by atoms with E-state index < -0.39 is 11.4 Å². The highest BCUT2D eigenvalue weighted by molar-refractivity contribution is 5.79. The summed E-state index contributed by atoms with van der Waals surface area (Å²) in [6.07, 6.45) is 6.17. The first-order valence-electron chi connectivity index (χ1n) is 11.9. The normalized spacial score (nSPS) is 20.4. The van der Waals surface area contributed by atoms with Crippen LogP contribution in [0.3, 0.4) is 0 Å². The summed E-state index contributed by atoms with van der Waals surface area (Å²) in [4.78, 5) is 26.8. The van der Waals surface area contributed by atoms with E-state index in [9.17, 15) is 14.7 Å². The molecule has 1 heterocycles. The molecule has 2 aliphatic carbocycles.